The summed E-state index contributed by atoms with van der Waals surface area (Å²) in [7, 11) is 0. The molecular weight excluding hydrogens is 235 g/mol. The largest absolute Gasteiger partial charge is 0.455 e. The van der Waals surface area contributed by atoms with Crippen molar-refractivity contribution in [3.05, 3.63) is 11.7 Å². The summed E-state index contributed by atoms with van der Waals surface area (Å²) in [5.74, 6) is -1.24. The molecule has 0 amide bonds. The van der Waals surface area contributed by atoms with Crippen LogP contribution in [0.4, 0.5) is 13.2 Å². The number of aromatic nitrogens is 2. The molecule has 1 atom stereocenters. The van der Waals surface area contributed by atoms with Gasteiger partial charge in [0, 0.05) is 18.0 Å². The molecule has 0 saturated carbocycles. The third-order valence-electron chi connectivity index (χ3n) is 1.88. The van der Waals surface area contributed by atoms with E-state index in [1.807, 2.05) is 27.7 Å². The summed E-state index contributed by atoms with van der Waals surface area (Å²) in [6.07, 6.45) is -4.29. The van der Waals surface area contributed by atoms with E-state index in [2.05, 4.69) is 20.0 Å². The third kappa shape index (κ3) is 4.72. The molecule has 0 spiro atoms. The van der Waals surface area contributed by atoms with Crippen molar-refractivity contribution in [2.45, 2.75) is 51.9 Å². The molecule has 1 rings (SSSR count). The predicted octanol–water partition coefficient (Wildman–Crippen LogP) is 2.41. The van der Waals surface area contributed by atoms with Crippen molar-refractivity contribution in [1.82, 2.24) is 15.5 Å². The van der Waals surface area contributed by atoms with E-state index >= 15 is 0 Å². The van der Waals surface area contributed by atoms with Gasteiger partial charge in [0.05, 0.1) is 0 Å². The van der Waals surface area contributed by atoms with E-state index in [1.165, 1.54) is 0 Å². The quantitative estimate of drug-likeness (QED) is 0.896. The van der Waals surface area contributed by atoms with Crippen molar-refractivity contribution in [2.75, 3.05) is 0 Å². The highest BCUT2D eigenvalue weighted by atomic mass is 19.4. The van der Waals surface area contributed by atoms with Crippen molar-refractivity contribution in [1.29, 1.82) is 0 Å². The Morgan fingerprint density at radius 2 is 1.88 bits per heavy atom. The number of nitrogens with one attached hydrogen (secondary N) is 1. The van der Waals surface area contributed by atoms with E-state index in [9.17, 15) is 13.2 Å². The average Bonchev–Trinajstić information content (AvgIpc) is 2.47. The normalized spacial score (nSPS) is 15.0. The second-order valence-electron chi connectivity index (χ2n) is 5.01. The molecule has 1 unspecified atom stereocenters. The van der Waals surface area contributed by atoms with Crippen LogP contribution in [0.2, 0.25) is 0 Å². The molecular formula is C10H16F3N3O. The minimum Gasteiger partial charge on any atom is -0.339 e. The Morgan fingerprint density at radius 1 is 1.29 bits per heavy atom. The van der Waals surface area contributed by atoms with E-state index in [-0.39, 0.29) is 23.9 Å². The van der Waals surface area contributed by atoms with Crippen LogP contribution in [0, 0.1) is 0 Å². The molecule has 7 heteroatoms. The van der Waals surface area contributed by atoms with Gasteiger partial charge in [-0.2, -0.15) is 18.2 Å². The Bertz CT molecular complexity index is 368. The van der Waals surface area contributed by atoms with Gasteiger partial charge in [0.25, 0.3) is 5.82 Å². The predicted molar refractivity (Wildman–Crippen MR) is 55.4 cm³/mol. The summed E-state index contributed by atoms with van der Waals surface area (Å²) in [4.78, 5) is 3.31. The number of hydrogen-bond acceptors (Lipinski definition) is 4. The van der Waals surface area contributed by atoms with Crippen LogP contribution in [0.25, 0.3) is 0 Å². The molecule has 0 aliphatic rings. The van der Waals surface area contributed by atoms with E-state index in [1.54, 1.807) is 0 Å². The number of rotatable bonds is 3. The van der Waals surface area contributed by atoms with Crippen molar-refractivity contribution in [2.24, 2.45) is 0 Å². The molecule has 4 nitrogen and oxygen atoms in total. The Morgan fingerprint density at radius 3 is 2.29 bits per heavy atom. The Hall–Kier alpha value is -1.11. The molecule has 1 aromatic rings. The first-order valence-corrected chi connectivity index (χ1v) is 5.25. The molecule has 0 aliphatic heterocycles. The van der Waals surface area contributed by atoms with Crippen LogP contribution in [-0.4, -0.2) is 21.7 Å². The van der Waals surface area contributed by atoms with Crippen LogP contribution in [0.5, 0.6) is 0 Å². The maximum Gasteiger partial charge on any atom is 0.455 e. The smallest absolute Gasteiger partial charge is 0.339 e. The van der Waals surface area contributed by atoms with Crippen LogP contribution in [-0.2, 0) is 12.6 Å². The van der Waals surface area contributed by atoms with Crippen LogP contribution in [0.15, 0.2) is 4.52 Å². The molecule has 0 aromatic carbocycles. The molecule has 17 heavy (non-hydrogen) atoms. The van der Waals surface area contributed by atoms with Gasteiger partial charge in [0.15, 0.2) is 0 Å². The number of alkyl halides is 3. The summed E-state index contributed by atoms with van der Waals surface area (Å²) >= 11 is 0. The second kappa shape index (κ2) is 4.64. The topological polar surface area (TPSA) is 51.0 Å². The summed E-state index contributed by atoms with van der Waals surface area (Å²) < 4.78 is 41.2. The molecule has 1 N–H and O–H groups in total. The van der Waals surface area contributed by atoms with E-state index in [0.717, 1.165) is 0 Å². The van der Waals surface area contributed by atoms with E-state index in [0.29, 0.717) is 0 Å². The van der Waals surface area contributed by atoms with Crippen LogP contribution < -0.4 is 5.32 Å². The lowest BCUT2D eigenvalue weighted by atomic mass is 10.1. The van der Waals surface area contributed by atoms with Gasteiger partial charge in [0.2, 0.25) is 5.89 Å². The fourth-order valence-electron chi connectivity index (χ4n) is 1.51. The van der Waals surface area contributed by atoms with Gasteiger partial charge in [0.1, 0.15) is 0 Å². The first-order chi connectivity index (χ1) is 7.58. The molecule has 0 aliphatic carbocycles. The van der Waals surface area contributed by atoms with Crippen LogP contribution in [0.3, 0.4) is 0 Å². The standard InChI is InChI=1S/C10H16F3N3O/c1-6(15-9(2,3)4)5-7-14-8(16-17-7)10(11,12)13/h6,15H,5H2,1-4H3. The summed E-state index contributed by atoms with van der Waals surface area (Å²) in [5.41, 5.74) is -0.119. The van der Waals surface area contributed by atoms with Gasteiger partial charge in [-0.15, -0.1) is 0 Å². The van der Waals surface area contributed by atoms with Crippen LogP contribution in [0.1, 0.15) is 39.4 Å². The van der Waals surface area contributed by atoms with Crippen molar-refractivity contribution in [3.63, 3.8) is 0 Å². The zero-order valence-electron chi connectivity index (χ0n) is 10.2. The summed E-state index contributed by atoms with van der Waals surface area (Å²) in [6.45, 7) is 7.76. The van der Waals surface area contributed by atoms with Gasteiger partial charge in [-0.25, -0.2) is 0 Å². The lowest BCUT2D eigenvalue weighted by molar-refractivity contribution is -0.146. The average molecular weight is 251 g/mol. The minimum absolute atomic E-state index is 0.0124. The van der Waals surface area contributed by atoms with Crippen LogP contribution >= 0.6 is 0 Å². The van der Waals surface area contributed by atoms with Gasteiger partial charge >= 0.3 is 6.18 Å². The first-order valence-electron chi connectivity index (χ1n) is 5.25. The summed E-state index contributed by atoms with van der Waals surface area (Å²) in [5, 5.41) is 6.10. The van der Waals surface area contributed by atoms with Crippen molar-refractivity contribution in [3.8, 4) is 0 Å². The van der Waals surface area contributed by atoms with Gasteiger partial charge in [-0.05, 0) is 27.7 Å². The monoisotopic (exact) mass is 251 g/mol. The molecule has 98 valence electrons. The maximum atomic E-state index is 12.2. The maximum absolute atomic E-state index is 12.2. The highest BCUT2D eigenvalue weighted by Gasteiger charge is 2.37. The number of nitrogens with zero attached hydrogens (tertiary/aromatic N) is 2. The second-order valence-corrected chi connectivity index (χ2v) is 5.01. The fraction of sp³-hybridized carbons (Fsp3) is 0.800. The molecule has 0 bridgehead atoms. The number of hydrogen-bond donors (Lipinski definition) is 1. The molecule has 1 aromatic heterocycles. The lowest BCUT2D eigenvalue weighted by Gasteiger charge is -2.25. The minimum atomic E-state index is -4.55. The molecule has 0 radical (unpaired) electrons. The Kier molecular flexibility index (Phi) is 3.81. The molecule has 0 saturated heterocycles. The highest BCUT2D eigenvalue weighted by Crippen LogP contribution is 2.26. The number of halogens is 3. The zero-order chi connectivity index (χ0) is 13.3. The summed E-state index contributed by atoms with van der Waals surface area (Å²) in [6, 6.07) is -0.0449. The lowest BCUT2D eigenvalue weighted by Crippen LogP contribution is -2.43. The van der Waals surface area contributed by atoms with Gasteiger partial charge in [-0.1, -0.05) is 5.16 Å². The highest BCUT2D eigenvalue weighted by molar-refractivity contribution is 4.93. The van der Waals surface area contributed by atoms with Gasteiger partial charge in [-0.3, -0.25) is 0 Å². The zero-order valence-corrected chi connectivity index (χ0v) is 10.2. The fourth-order valence-corrected chi connectivity index (χ4v) is 1.51. The Labute approximate surface area is 97.6 Å². The van der Waals surface area contributed by atoms with E-state index in [4.69, 9.17) is 0 Å². The SMILES string of the molecule is CC(Cc1nc(C(F)(F)F)no1)NC(C)(C)C. The molecule has 1 heterocycles. The van der Waals surface area contributed by atoms with Crippen molar-refractivity contribution >= 4 is 0 Å². The third-order valence-corrected chi connectivity index (χ3v) is 1.88. The molecule has 0 fully saturated rings. The van der Waals surface area contributed by atoms with Gasteiger partial charge < -0.3 is 9.84 Å². The van der Waals surface area contributed by atoms with Crippen molar-refractivity contribution < 1.29 is 17.7 Å². The first kappa shape index (κ1) is 14.0. The van der Waals surface area contributed by atoms with E-state index < -0.39 is 12.0 Å². The Balaban J connectivity index is 2.61.